The van der Waals surface area contributed by atoms with Gasteiger partial charge in [-0.05, 0) is 17.7 Å². The van der Waals surface area contributed by atoms with E-state index in [1.165, 1.54) is 12.0 Å². The Morgan fingerprint density at radius 2 is 2.17 bits per heavy atom. The molecular formula is C13H14N2O3. The van der Waals surface area contributed by atoms with Crippen molar-refractivity contribution >= 4 is 17.4 Å². The van der Waals surface area contributed by atoms with Gasteiger partial charge >= 0.3 is 0 Å². The summed E-state index contributed by atoms with van der Waals surface area (Å²) in [6.45, 7) is 4.28. The molecule has 18 heavy (non-hydrogen) atoms. The third-order valence-electron chi connectivity index (χ3n) is 2.85. The number of benzene rings is 1. The van der Waals surface area contributed by atoms with Gasteiger partial charge in [-0.3, -0.25) is 9.59 Å². The van der Waals surface area contributed by atoms with E-state index in [2.05, 4.69) is 6.58 Å². The number of ketones is 1. The molecule has 0 radical (unpaired) electrons. The van der Waals surface area contributed by atoms with Gasteiger partial charge in [0, 0.05) is 19.2 Å². The number of anilines is 1. The van der Waals surface area contributed by atoms with Gasteiger partial charge in [-0.25, -0.2) is 0 Å². The molecule has 0 saturated heterocycles. The monoisotopic (exact) mass is 246 g/mol. The van der Waals surface area contributed by atoms with Crippen molar-refractivity contribution in [2.75, 3.05) is 25.1 Å². The lowest BCUT2D eigenvalue weighted by molar-refractivity contribution is -0.114. The van der Waals surface area contributed by atoms with Crippen LogP contribution in [0.25, 0.3) is 0 Å². The van der Waals surface area contributed by atoms with E-state index in [4.69, 9.17) is 10.5 Å². The number of hydrogen-bond acceptors (Lipinski definition) is 4. The number of Topliss-reactive ketones (excluding diaryl/α,β-unsaturated/α-hetero) is 1. The molecule has 0 spiro atoms. The van der Waals surface area contributed by atoms with E-state index in [-0.39, 0.29) is 13.1 Å². The highest BCUT2D eigenvalue weighted by Gasteiger charge is 2.35. The van der Waals surface area contributed by atoms with Crippen molar-refractivity contribution in [3.05, 3.63) is 35.9 Å². The van der Waals surface area contributed by atoms with Gasteiger partial charge in [0.05, 0.1) is 18.4 Å². The van der Waals surface area contributed by atoms with E-state index in [0.29, 0.717) is 22.6 Å². The number of methoxy groups -OCH3 is 1. The molecule has 0 unspecified atom stereocenters. The van der Waals surface area contributed by atoms with E-state index >= 15 is 0 Å². The summed E-state index contributed by atoms with van der Waals surface area (Å²) in [6.07, 6.45) is 0. The number of carbonyl (C=O) groups is 2. The fourth-order valence-corrected chi connectivity index (χ4v) is 1.85. The van der Waals surface area contributed by atoms with Gasteiger partial charge in [0.25, 0.3) is 11.7 Å². The van der Waals surface area contributed by atoms with Crippen LogP contribution in [0.4, 0.5) is 5.69 Å². The summed E-state index contributed by atoms with van der Waals surface area (Å²) in [4.78, 5) is 25.0. The van der Waals surface area contributed by atoms with E-state index < -0.39 is 11.7 Å². The third kappa shape index (κ3) is 1.89. The molecule has 5 heteroatoms. The first-order valence-corrected chi connectivity index (χ1v) is 5.49. The molecule has 0 aromatic heterocycles. The Labute approximate surface area is 105 Å². The lowest BCUT2D eigenvalue weighted by Gasteiger charge is -2.17. The summed E-state index contributed by atoms with van der Waals surface area (Å²) in [7, 11) is 1.53. The molecule has 2 rings (SSSR count). The Kier molecular flexibility index (Phi) is 3.16. The lowest BCUT2D eigenvalue weighted by atomic mass is 10.1. The summed E-state index contributed by atoms with van der Waals surface area (Å²) in [5.74, 6) is -0.454. The van der Waals surface area contributed by atoms with E-state index in [1.54, 1.807) is 18.2 Å². The largest absolute Gasteiger partial charge is 0.497 e. The Morgan fingerprint density at radius 1 is 1.44 bits per heavy atom. The Morgan fingerprint density at radius 3 is 2.78 bits per heavy atom. The van der Waals surface area contributed by atoms with Crippen molar-refractivity contribution in [3.63, 3.8) is 0 Å². The first-order chi connectivity index (χ1) is 8.58. The fraction of sp³-hybridized carbons (Fsp3) is 0.231. The number of amides is 1. The van der Waals surface area contributed by atoms with Gasteiger partial charge in [0.1, 0.15) is 5.75 Å². The maximum Gasteiger partial charge on any atom is 0.299 e. The summed E-state index contributed by atoms with van der Waals surface area (Å²) >= 11 is 0. The van der Waals surface area contributed by atoms with Crippen LogP contribution in [-0.2, 0) is 4.79 Å². The molecule has 0 saturated carbocycles. The Hall–Kier alpha value is -2.14. The van der Waals surface area contributed by atoms with E-state index in [1.807, 2.05) is 0 Å². The normalized spacial score (nSPS) is 13.8. The summed E-state index contributed by atoms with van der Waals surface area (Å²) in [5, 5.41) is 0. The van der Waals surface area contributed by atoms with E-state index in [9.17, 15) is 9.59 Å². The molecule has 5 nitrogen and oxygen atoms in total. The zero-order chi connectivity index (χ0) is 13.3. The van der Waals surface area contributed by atoms with Crippen molar-refractivity contribution in [2.45, 2.75) is 0 Å². The number of carbonyl (C=O) groups excluding carboxylic acids is 2. The minimum absolute atomic E-state index is 0.251. The van der Waals surface area contributed by atoms with Crippen LogP contribution in [0, 0.1) is 0 Å². The molecule has 1 aromatic rings. The fourth-order valence-electron chi connectivity index (χ4n) is 1.85. The van der Waals surface area contributed by atoms with Crippen LogP contribution in [0.15, 0.2) is 30.4 Å². The molecule has 1 aliphatic heterocycles. The molecule has 0 bridgehead atoms. The number of nitrogens with zero attached hydrogens (tertiary/aromatic N) is 1. The minimum atomic E-state index is -0.548. The standard InChI is InChI=1S/C13H14N2O3/c1-8(6-14)7-15-11-5-9(18-2)3-4-10(11)12(16)13(15)17/h3-5H,1,6-7,14H2,2H3. The SMILES string of the molecule is C=C(CN)CN1C(=O)C(=O)c2ccc(OC)cc21. The Balaban J connectivity index is 2.42. The number of hydrogen-bond donors (Lipinski definition) is 1. The number of fused-ring (bicyclic) bond motifs is 1. The van der Waals surface area contributed by atoms with Gasteiger partial charge in [-0.2, -0.15) is 0 Å². The second-order valence-electron chi connectivity index (χ2n) is 4.06. The molecule has 2 N–H and O–H groups in total. The predicted octanol–water partition coefficient (Wildman–Crippen LogP) is 0.739. The van der Waals surface area contributed by atoms with Gasteiger partial charge in [0.15, 0.2) is 0 Å². The highest BCUT2D eigenvalue weighted by atomic mass is 16.5. The molecule has 1 aliphatic rings. The lowest BCUT2D eigenvalue weighted by Crippen LogP contribution is -2.32. The van der Waals surface area contributed by atoms with Gasteiger partial charge in [-0.1, -0.05) is 6.58 Å². The maximum absolute atomic E-state index is 11.9. The van der Waals surface area contributed by atoms with Crippen LogP contribution in [0.1, 0.15) is 10.4 Å². The molecule has 1 aromatic carbocycles. The van der Waals surface area contributed by atoms with Crippen molar-refractivity contribution in [2.24, 2.45) is 5.73 Å². The van der Waals surface area contributed by atoms with Crippen LogP contribution in [0.3, 0.4) is 0 Å². The van der Waals surface area contributed by atoms with Crippen molar-refractivity contribution in [1.29, 1.82) is 0 Å². The quantitative estimate of drug-likeness (QED) is 0.628. The average molecular weight is 246 g/mol. The van der Waals surface area contributed by atoms with Gasteiger partial charge in [0.2, 0.25) is 0 Å². The van der Waals surface area contributed by atoms with Gasteiger partial charge in [-0.15, -0.1) is 0 Å². The summed E-state index contributed by atoms with van der Waals surface area (Å²) < 4.78 is 5.09. The molecule has 94 valence electrons. The van der Waals surface area contributed by atoms with Crippen LogP contribution < -0.4 is 15.4 Å². The summed E-state index contributed by atoms with van der Waals surface area (Å²) in [6, 6.07) is 4.92. The number of rotatable bonds is 4. The second kappa shape index (κ2) is 4.62. The molecule has 0 atom stereocenters. The molecule has 0 aliphatic carbocycles. The predicted molar refractivity (Wildman–Crippen MR) is 67.9 cm³/mol. The minimum Gasteiger partial charge on any atom is -0.497 e. The van der Waals surface area contributed by atoms with Crippen molar-refractivity contribution < 1.29 is 14.3 Å². The first-order valence-electron chi connectivity index (χ1n) is 5.49. The number of ether oxygens (including phenoxy) is 1. The van der Waals surface area contributed by atoms with Crippen LogP contribution in [0.2, 0.25) is 0 Å². The highest BCUT2D eigenvalue weighted by molar-refractivity contribution is 6.52. The molecule has 1 amide bonds. The first kappa shape index (κ1) is 12.3. The van der Waals surface area contributed by atoms with Crippen LogP contribution in [0.5, 0.6) is 5.75 Å². The van der Waals surface area contributed by atoms with Crippen LogP contribution in [-0.4, -0.2) is 31.9 Å². The smallest absolute Gasteiger partial charge is 0.299 e. The summed E-state index contributed by atoms with van der Waals surface area (Å²) in [5.41, 5.74) is 7.09. The van der Waals surface area contributed by atoms with Crippen molar-refractivity contribution in [3.8, 4) is 5.75 Å². The topological polar surface area (TPSA) is 72.6 Å². The molecule has 1 heterocycles. The zero-order valence-corrected chi connectivity index (χ0v) is 10.1. The Bertz CT molecular complexity index is 537. The third-order valence-corrected chi connectivity index (χ3v) is 2.85. The maximum atomic E-state index is 11.9. The second-order valence-corrected chi connectivity index (χ2v) is 4.06. The zero-order valence-electron chi connectivity index (χ0n) is 10.1. The van der Waals surface area contributed by atoms with Gasteiger partial charge < -0.3 is 15.4 Å². The highest BCUT2D eigenvalue weighted by Crippen LogP contribution is 2.32. The number of nitrogens with two attached hydrogens (primary N) is 1. The molecular weight excluding hydrogens is 232 g/mol. The average Bonchev–Trinajstić information content (AvgIpc) is 2.63. The van der Waals surface area contributed by atoms with Crippen LogP contribution >= 0.6 is 0 Å². The van der Waals surface area contributed by atoms with E-state index in [0.717, 1.165) is 0 Å². The molecule has 0 fully saturated rings. The van der Waals surface area contributed by atoms with Crippen molar-refractivity contribution in [1.82, 2.24) is 0 Å².